The highest BCUT2D eigenvalue weighted by Crippen LogP contribution is 2.45. The molecule has 3 N–H and O–H groups in total. The van der Waals surface area contributed by atoms with Crippen LogP contribution in [-0.2, 0) is 65.4 Å². The lowest BCUT2D eigenvalue weighted by Gasteiger charge is -2.21. The molecular formula is C77H144O17P2. The van der Waals surface area contributed by atoms with Gasteiger partial charge in [-0.3, -0.25) is 37.3 Å². The highest BCUT2D eigenvalue weighted by Gasteiger charge is 2.30. The van der Waals surface area contributed by atoms with Crippen molar-refractivity contribution in [2.24, 2.45) is 0 Å². The summed E-state index contributed by atoms with van der Waals surface area (Å²) < 4.78 is 68.5. The molecule has 5 unspecified atom stereocenters. The van der Waals surface area contributed by atoms with E-state index in [-0.39, 0.29) is 25.7 Å². The van der Waals surface area contributed by atoms with Crippen LogP contribution in [0.4, 0.5) is 0 Å². The molecule has 0 spiro atoms. The van der Waals surface area contributed by atoms with Crippen molar-refractivity contribution in [1.29, 1.82) is 0 Å². The minimum absolute atomic E-state index is 0.101. The van der Waals surface area contributed by atoms with Crippen LogP contribution in [0.1, 0.15) is 374 Å². The van der Waals surface area contributed by atoms with Gasteiger partial charge in [-0.15, -0.1) is 0 Å². The first-order valence-electron chi connectivity index (χ1n) is 39.2. The Balaban J connectivity index is 5.27. The zero-order valence-electron chi connectivity index (χ0n) is 61.6. The number of aliphatic hydroxyl groups excluding tert-OH is 1. The molecule has 0 amide bonds. The molecule has 0 aliphatic heterocycles. The molecule has 5 atom stereocenters. The molecule has 564 valence electrons. The van der Waals surface area contributed by atoms with Gasteiger partial charge in [0.15, 0.2) is 12.2 Å². The van der Waals surface area contributed by atoms with Gasteiger partial charge in [0.25, 0.3) is 0 Å². The minimum atomic E-state index is -4.96. The number of ether oxygens (including phenoxy) is 4. The number of hydrogen-bond acceptors (Lipinski definition) is 15. The Kier molecular flexibility index (Phi) is 68.7. The van der Waals surface area contributed by atoms with E-state index in [0.717, 1.165) is 128 Å². The third-order valence-corrected chi connectivity index (χ3v) is 19.0. The lowest BCUT2D eigenvalue weighted by atomic mass is 10.0. The SMILES string of the molecule is CCCCC/C=C\C/C=C\C/C=C\CCCCCCCCC(=O)OCC(COP(=O)(O)OCC(O)COP(=O)(O)OCC(COC(=O)CCCCCCCCCCCCC)OC(=O)CCCCCCCCCCCCC)OC(=O)CCCCCCCCCCCCCCCCC. The van der Waals surface area contributed by atoms with E-state index < -0.39 is 97.5 Å². The van der Waals surface area contributed by atoms with Crippen LogP contribution in [0.3, 0.4) is 0 Å². The molecule has 0 radical (unpaired) electrons. The van der Waals surface area contributed by atoms with Crippen LogP contribution in [0.5, 0.6) is 0 Å². The summed E-state index contributed by atoms with van der Waals surface area (Å²) >= 11 is 0. The molecule has 0 aliphatic carbocycles. The predicted molar refractivity (Wildman–Crippen MR) is 391 cm³/mol. The molecule has 0 heterocycles. The Morgan fingerprint density at radius 3 is 0.802 bits per heavy atom. The number of allylic oxidation sites excluding steroid dienone is 6. The number of phosphoric acid groups is 2. The maximum absolute atomic E-state index is 13.1. The van der Waals surface area contributed by atoms with Crippen molar-refractivity contribution in [1.82, 2.24) is 0 Å². The van der Waals surface area contributed by atoms with Gasteiger partial charge in [0.1, 0.15) is 19.3 Å². The number of carbonyl (C=O) groups is 4. The fourth-order valence-corrected chi connectivity index (χ4v) is 12.7. The van der Waals surface area contributed by atoms with Gasteiger partial charge in [0.2, 0.25) is 0 Å². The van der Waals surface area contributed by atoms with E-state index in [1.54, 1.807) is 0 Å². The van der Waals surface area contributed by atoms with Crippen LogP contribution in [0.2, 0.25) is 0 Å². The van der Waals surface area contributed by atoms with Crippen LogP contribution in [0, 0.1) is 0 Å². The normalized spacial score (nSPS) is 14.1. The summed E-state index contributed by atoms with van der Waals surface area (Å²) in [4.78, 5) is 72.8. The smallest absolute Gasteiger partial charge is 0.462 e. The molecule has 0 rings (SSSR count). The number of rotatable bonds is 75. The zero-order valence-corrected chi connectivity index (χ0v) is 63.4. The third kappa shape index (κ3) is 69.7. The highest BCUT2D eigenvalue weighted by atomic mass is 31.2. The van der Waals surface area contributed by atoms with Gasteiger partial charge in [-0.1, -0.05) is 321 Å². The van der Waals surface area contributed by atoms with Crippen LogP contribution in [-0.4, -0.2) is 96.7 Å². The lowest BCUT2D eigenvalue weighted by Crippen LogP contribution is -2.30. The van der Waals surface area contributed by atoms with Crippen molar-refractivity contribution in [3.63, 3.8) is 0 Å². The van der Waals surface area contributed by atoms with Crippen LogP contribution >= 0.6 is 15.6 Å². The molecule has 17 nitrogen and oxygen atoms in total. The van der Waals surface area contributed by atoms with Crippen molar-refractivity contribution >= 4 is 39.5 Å². The lowest BCUT2D eigenvalue weighted by molar-refractivity contribution is -0.161. The first-order chi connectivity index (χ1) is 46.7. The molecule has 19 heteroatoms. The minimum Gasteiger partial charge on any atom is -0.462 e. The second-order valence-corrected chi connectivity index (χ2v) is 29.6. The van der Waals surface area contributed by atoms with E-state index in [2.05, 4.69) is 64.2 Å². The number of aliphatic hydroxyl groups is 1. The Bertz CT molecular complexity index is 1970. The summed E-state index contributed by atoms with van der Waals surface area (Å²) in [5.74, 6) is -2.14. The Labute approximate surface area is 585 Å². The van der Waals surface area contributed by atoms with E-state index in [1.165, 1.54) is 167 Å². The maximum atomic E-state index is 13.1. The zero-order chi connectivity index (χ0) is 70.4. The number of carbonyl (C=O) groups excluding carboxylic acids is 4. The van der Waals surface area contributed by atoms with Gasteiger partial charge in [-0.05, 0) is 64.2 Å². The van der Waals surface area contributed by atoms with Gasteiger partial charge < -0.3 is 33.8 Å². The van der Waals surface area contributed by atoms with Crippen molar-refractivity contribution in [3.05, 3.63) is 36.5 Å². The predicted octanol–water partition coefficient (Wildman–Crippen LogP) is 22.3. The molecule has 0 aromatic carbocycles. The van der Waals surface area contributed by atoms with Gasteiger partial charge in [0.05, 0.1) is 26.4 Å². The molecule has 0 aromatic rings. The average Bonchev–Trinajstić information content (AvgIpc) is 1.41. The van der Waals surface area contributed by atoms with E-state index in [1.807, 2.05) is 0 Å². The summed E-state index contributed by atoms with van der Waals surface area (Å²) in [6, 6.07) is 0. The van der Waals surface area contributed by atoms with Crippen LogP contribution < -0.4 is 0 Å². The fraction of sp³-hybridized carbons (Fsp3) is 0.870. The van der Waals surface area contributed by atoms with Gasteiger partial charge in [-0.25, -0.2) is 9.13 Å². The summed E-state index contributed by atoms with van der Waals surface area (Å²) in [6.07, 6.45) is 65.6. The van der Waals surface area contributed by atoms with Crippen LogP contribution in [0.15, 0.2) is 36.5 Å². The summed E-state index contributed by atoms with van der Waals surface area (Å²) in [5, 5.41) is 10.6. The molecular weight excluding hydrogens is 1260 g/mol. The van der Waals surface area contributed by atoms with E-state index in [4.69, 9.17) is 37.0 Å². The van der Waals surface area contributed by atoms with Gasteiger partial charge in [0, 0.05) is 25.7 Å². The van der Waals surface area contributed by atoms with Crippen molar-refractivity contribution in [2.75, 3.05) is 39.6 Å². The Morgan fingerprint density at radius 1 is 0.292 bits per heavy atom. The van der Waals surface area contributed by atoms with E-state index in [9.17, 15) is 43.2 Å². The number of phosphoric ester groups is 2. The topological polar surface area (TPSA) is 237 Å². The summed E-state index contributed by atoms with van der Waals surface area (Å²) in [5.41, 5.74) is 0. The van der Waals surface area contributed by atoms with Gasteiger partial charge >= 0.3 is 39.5 Å². The molecule has 0 saturated heterocycles. The van der Waals surface area contributed by atoms with Crippen molar-refractivity contribution in [3.8, 4) is 0 Å². The van der Waals surface area contributed by atoms with E-state index in [0.29, 0.717) is 25.7 Å². The highest BCUT2D eigenvalue weighted by molar-refractivity contribution is 7.47. The largest absolute Gasteiger partial charge is 0.472 e. The first kappa shape index (κ1) is 93.3. The van der Waals surface area contributed by atoms with Crippen molar-refractivity contribution in [2.45, 2.75) is 393 Å². The third-order valence-electron chi connectivity index (χ3n) is 17.1. The molecule has 0 bridgehead atoms. The van der Waals surface area contributed by atoms with Crippen LogP contribution in [0.25, 0.3) is 0 Å². The first-order valence-corrected chi connectivity index (χ1v) is 42.2. The van der Waals surface area contributed by atoms with Gasteiger partial charge in [-0.2, -0.15) is 0 Å². The number of hydrogen-bond donors (Lipinski definition) is 3. The average molecular weight is 1400 g/mol. The second kappa shape index (κ2) is 70.7. The second-order valence-electron chi connectivity index (χ2n) is 26.7. The molecule has 0 saturated carbocycles. The number of esters is 4. The Hall–Kier alpha value is -2.72. The monoisotopic (exact) mass is 1400 g/mol. The molecule has 96 heavy (non-hydrogen) atoms. The maximum Gasteiger partial charge on any atom is 0.472 e. The Morgan fingerprint density at radius 2 is 0.510 bits per heavy atom. The van der Waals surface area contributed by atoms with Crippen molar-refractivity contribution < 1.29 is 80.2 Å². The standard InChI is InChI=1S/C77H144O17P2/c1-5-9-13-17-21-25-29-31-33-34-35-36-38-39-43-46-50-54-58-62-75(80)88-68-73(94-77(82)64-60-56-52-48-44-40-37-32-30-26-22-18-14-10-6-2)70-92-96(85,86)90-66-71(78)65-89-95(83,84)91-69-72(93-76(81)63-59-55-51-47-42-28-24-20-16-12-8-4)67-87-74(79)61-57-53-49-45-41-27-23-19-15-11-7-3/h21,25,31,33,35-36,71-73,78H,5-20,22-24,26-30,32,34,37-70H2,1-4H3,(H,83,84)(H,85,86)/b25-21-,33-31-,36-35-. The molecule has 0 aliphatic rings. The molecule has 0 aromatic heterocycles. The fourth-order valence-electron chi connectivity index (χ4n) is 11.1. The molecule has 0 fully saturated rings. The summed E-state index contributed by atoms with van der Waals surface area (Å²) in [7, 11) is -9.92. The summed E-state index contributed by atoms with van der Waals surface area (Å²) in [6.45, 7) is 4.90. The quantitative estimate of drug-likeness (QED) is 0.0169. The number of unbranched alkanes of at least 4 members (excludes halogenated alkanes) is 43. The van der Waals surface area contributed by atoms with E-state index >= 15 is 0 Å².